The first kappa shape index (κ1) is 19.4. The molecule has 26 heavy (non-hydrogen) atoms. The Kier molecular flexibility index (Phi) is 6.70. The third-order valence-corrected chi connectivity index (χ3v) is 6.49. The summed E-state index contributed by atoms with van der Waals surface area (Å²) in [6.07, 6.45) is 4.27. The number of rotatable bonds is 6. The van der Waals surface area contributed by atoms with Gasteiger partial charge < -0.3 is 10.2 Å². The van der Waals surface area contributed by atoms with E-state index in [4.69, 9.17) is 0 Å². The summed E-state index contributed by atoms with van der Waals surface area (Å²) >= 11 is 1.77. The van der Waals surface area contributed by atoms with E-state index in [1.807, 2.05) is 18.7 Å². The summed E-state index contributed by atoms with van der Waals surface area (Å²) < 4.78 is 0. The van der Waals surface area contributed by atoms with Gasteiger partial charge in [0.1, 0.15) is 0 Å². The fourth-order valence-electron chi connectivity index (χ4n) is 4.04. The van der Waals surface area contributed by atoms with Crippen LogP contribution >= 0.6 is 11.3 Å². The van der Waals surface area contributed by atoms with Crippen molar-refractivity contribution in [2.24, 2.45) is 11.8 Å². The SMILES string of the molecule is CC(C)C(=O)N1CCCC(C(=O)NCC(c2cccs2)N2CCCC2)C1. The van der Waals surface area contributed by atoms with Crippen LogP contribution in [0.3, 0.4) is 0 Å². The first-order chi connectivity index (χ1) is 12.6. The van der Waals surface area contributed by atoms with E-state index in [1.165, 1.54) is 17.7 Å². The zero-order valence-corrected chi connectivity index (χ0v) is 16.8. The van der Waals surface area contributed by atoms with Gasteiger partial charge in [-0.1, -0.05) is 19.9 Å². The maximum absolute atomic E-state index is 12.8. The van der Waals surface area contributed by atoms with E-state index in [9.17, 15) is 9.59 Å². The van der Waals surface area contributed by atoms with Crippen molar-refractivity contribution in [1.82, 2.24) is 15.1 Å². The molecule has 0 bridgehead atoms. The van der Waals surface area contributed by atoms with E-state index in [-0.39, 0.29) is 29.7 Å². The maximum Gasteiger partial charge on any atom is 0.225 e. The van der Waals surface area contributed by atoms with Crippen molar-refractivity contribution in [3.8, 4) is 0 Å². The van der Waals surface area contributed by atoms with Gasteiger partial charge in [-0.2, -0.15) is 0 Å². The van der Waals surface area contributed by atoms with Gasteiger partial charge in [-0.05, 0) is 50.2 Å². The monoisotopic (exact) mass is 377 g/mol. The number of nitrogens with zero attached hydrogens (tertiary/aromatic N) is 2. The first-order valence-electron chi connectivity index (χ1n) is 9.90. The Morgan fingerprint density at radius 3 is 2.65 bits per heavy atom. The highest BCUT2D eigenvalue weighted by molar-refractivity contribution is 7.10. The molecule has 5 nitrogen and oxygen atoms in total. The summed E-state index contributed by atoms with van der Waals surface area (Å²) in [5.41, 5.74) is 0. The molecule has 0 radical (unpaired) electrons. The number of likely N-dealkylation sites (tertiary alicyclic amines) is 2. The molecule has 1 aromatic heterocycles. The first-order valence-corrected chi connectivity index (χ1v) is 10.8. The largest absolute Gasteiger partial charge is 0.354 e. The van der Waals surface area contributed by atoms with Crippen molar-refractivity contribution in [1.29, 1.82) is 0 Å². The van der Waals surface area contributed by atoms with Crippen LogP contribution < -0.4 is 5.32 Å². The molecule has 2 amide bonds. The zero-order valence-electron chi connectivity index (χ0n) is 15.9. The summed E-state index contributed by atoms with van der Waals surface area (Å²) in [7, 11) is 0. The van der Waals surface area contributed by atoms with Crippen molar-refractivity contribution in [3.63, 3.8) is 0 Å². The van der Waals surface area contributed by atoms with Crippen LogP contribution in [0.5, 0.6) is 0 Å². The van der Waals surface area contributed by atoms with Crippen LogP contribution in [-0.2, 0) is 9.59 Å². The Bertz CT molecular complexity index is 596. The molecule has 2 unspecified atom stereocenters. The number of hydrogen-bond acceptors (Lipinski definition) is 4. The Labute approximate surface area is 160 Å². The van der Waals surface area contributed by atoms with E-state index in [0.717, 1.165) is 32.5 Å². The second-order valence-corrected chi connectivity index (χ2v) is 8.78. The van der Waals surface area contributed by atoms with E-state index < -0.39 is 0 Å². The van der Waals surface area contributed by atoms with E-state index in [1.54, 1.807) is 11.3 Å². The Hall–Kier alpha value is -1.40. The second-order valence-electron chi connectivity index (χ2n) is 7.80. The van der Waals surface area contributed by atoms with Crippen molar-refractivity contribution >= 4 is 23.2 Å². The molecule has 0 spiro atoms. The van der Waals surface area contributed by atoms with Crippen LogP contribution in [0.4, 0.5) is 0 Å². The number of piperidine rings is 1. The van der Waals surface area contributed by atoms with Crippen molar-refractivity contribution in [2.45, 2.75) is 45.6 Å². The lowest BCUT2D eigenvalue weighted by Crippen LogP contribution is -2.47. The number of hydrogen-bond donors (Lipinski definition) is 1. The number of amides is 2. The topological polar surface area (TPSA) is 52.7 Å². The van der Waals surface area contributed by atoms with Gasteiger partial charge in [0, 0.05) is 30.4 Å². The molecule has 144 valence electrons. The molecule has 0 aliphatic carbocycles. The normalized spacial score (nSPS) is 22.6. The van der Waals surface area contributed by atoms with Gasteiger partial charge in [-0.25, -0.2) is 0 Å². The third kappa shape index (κ3) is 4.65. The standard InChI is InChI=1S/C20H31N3O2S/c1-15(2)20(25)23-11-5-7-16(14-23)19(24)21-13-17(18-8-6-12-26-18)22-9-3-4-10-22/h6,8,12,15-17H,3-5,7,9-11,13-14H2,1-2H3,(H,21,24). The number of carbonyl (C=O) groups excluding carboxylic acids is 2. The highest BCUT2D eigenvalue weighted by Gasteiger charge is 2.30. The lowest BCUT2D eigenvalue weighted by atomic mass is 9.96. The summed E-state index contributed by atoms with van der Waals surface area (Å²) in [5, 5.41) is 5.30. The fourth-order valence-corrected chi connectivity index (χ4v) is 4.90. The molecule has 1 N–H and O–H groups in total. The molecule has 0 aromatic carbocycles. The smallest absolute Gasteiger partial charge is 0.225 e. The minimum absolute atomic E-state index is 0.00446. The molecule has 6 heteroatoms. The molecule has 2 saturated heterocycles. The van der Waals surface area contributed by atoms with Crippen LogP contribution in [0.1, 0.15) is 50.4 Å². The summed E-state index contributed by atoms with van der Waals surface area (Å²) in [6, 6.07) is 4.53. The number of carbonyl (C=O) groups is 2. The zero-order chi connectivity index (χ0) is 18.5. The summed E-state index contributed by atoms with van der Waals surface area (Å²) in [5.74, 6) is 0.187. The van der Waals surface area contributed by atoms with Crippen LogP contribution in [-0.4, -0.2) is 54.3 Å². The van der Waals surface area contributed by atoms with Crippen molar-refractivity contribution in [2.75, 3.05) is 32.7 Å². The average molecular weight is 378 g/mol. The maximum atomic E-state index is 12.8. The average Bonchev–Trinajstić information content (AvgIpc) is 3.35. The molecule has 1 aromatic rings. The minimum atomic E-state index is -0.0750. The van der Waals surface area contributed by atoms with Gasteiger partial charge in [0.05, 0.1) is 12.0 Å². The molecular weight excluding hydrogens is 346 g/mol. The number of thiophene rings is 1. The van der Waals surface area contributed by atoms with Crippen LogP contribution in [0.15, 0.2) is 17.5 Å². The molecule has 2 aliphatic rings. The second kappa shape index (κ2) is 9.00. The molecular formula is C20H31N3O2S. The van der Waals surface area contributed by atoms with E-state index in [2.05, 4.69) is 27.7 Å². The van der Waals surface area contributed by atoms with Gasteiger partial charge in [-0.3, -0.25) is 14.5 Å². The van der Waals surface area contributed by atoms with Gasteiger partial charge in [-0.15, -0.1) is 11.3 Å². The molecule has 2 aliphatic heterocycles. The molecule has 3 rings (SSSR count). The highest BCUT2D eigenvalue weighted by Crippen LogP contribution is 2.28. The Morgan fingerprint density at radius 1 is 1.23 bits per heavy atom. The predicted molar refractivity (Wildman–Crippen MR) is 105 cm³/mol. The Morgan fingerprint density at radius 2 is 2.00 bits per heavy atom. The van der Waals surface area contributed by atoms with Gasteiger partial charge >= 0.3 is 0 Å². The third-order valence-electron chi connectivity index (χ3n) is 5.52. The van der Waals surface area contributed by atoms with Crippen LogP contribution in [0, 0.1) is 11.8 Å². The molecule has 2 atom stereocenters. The predicted octanol–water partition coefficient (Wildman–Crippen LogP) is 2.90. The molecule has 0 saturated carbocycles. The number of nitrogens with one attached hydrogen (secondary N) is 1. The highest BCUT2D eigenvalue weighted by atomic mass is 32.1. The summed E-state index contributed by atoms with van der Waals surface area (Å²) in [6.45, 7) is 8.08. The van der Waals surface area contributed by atoms with E-state index in [0.29, 0.717) is 13.1 Å². The van der Waals surface area contributed by atoms with E-state index >= 15 is 0 Å². The lowest BCUT2D eigenvalue weighted by molar-refractivity contribution is -0.138. The van der Waals surface area contributed by atoms with Crippen molar-refractivity contribution in [3.05, 3.63) is 22.4 Å². The quantitative estimate of drug-likeness (QED) is 0.829. The van der Waals surface area contributed by atoms with Crippen LogP contribution in [0.2, 0.25) is 0 Å². The molecule has 3 heterocycles. The molecule has 2 fully saturated rings. The summed E-state index contributed by atoms with van der Waals surface area (Å²) in [4.78, 5) is 30.7. The fraction of sp³-hybridized carbons (Fsp3) is 0.700. The lowest BCUT2D eigenvalue weighted by Gasteiger charge is -2.34. The van der Waals surface area contributed by atoms with Gasteiger partial charge in [0.25, 0.3) is 0 Å². The van der Waals surface area contributed by atoms with Crippen LogP contribution in [0.25, 0.3) is 0 Å². The van der Waals surface area contributed by atoms with Crippen molar-refractivity contribution < 1.29 is 9.59 Å². The Balaban J connectivity index is 1.57. The van der Waals surface area contributed by atoms with Gasteiger partial charge in [0.2, 0.25) is 11.8 Å². The minimum Gasteiger partial charge on any atom is -0.354 e. The van der Waals surface area contributed by atoms with Gasteiger partial charge in [0.15, 0.2) is 0 Å².